The maximum Gasteiger partial charge on any atom is 0.233 e. The van der Waals surface area contributed by atoms with Crippen molar-refractivity contribution >= 4 is 0 Å². The van der Waals surface area contributed by atoms with E-state index in [1.165, 1.54) is 38.5 Å². The van der Waals surface area contributed by atoms with E-state index in [9.17, 15) is 0 Å². The zero-order valence-corrected chi connectivity index (χ0v) is 12.3. The molecule has 0 spiro atoms. The van der Waals surface area contributed by atoms with Gasteiger partial charge in [0.05, 0.1) is 6.04 Å². The van der Waals surface area contributed by atoms with Gasteiger partial charge in [0.1, 0.15) is 0 Å². The molecule has 0 bridgehead atoms. The van der Waals surface area contributed by atoms with Crippen LogP contribution in [0, 0.1) is 0 Å². The number of aromatic nitrogens is 2. The molecule has 1 fully saturated rings. The summed E-state index contributed by atoms with van der Waals surface area (Å²) < 4.78 is 5.94. The number of rotatable bonds is 6. The Bertz CT molecular complexity index is 356. The van der Waals surface area contributed by atoms with E-state index >= 15 is 0 Å². The Hall–Kier alpha value is -0.900. The Balaban J connectivity index is 1.99. The van der Waals surface area contributed by atoms with Crippen molar-refractivity contribution in [1.82, 2.24) is 15.5 Å². The zero-order valence-electron chi connectivity index (χ0n) is 12.3. The van der Waals surface area contributed by atoms with Gasteiger partial charge in [-0.15, -0.1) is 10.2 Å². The second-order valence-electron chi connectivity index (χ2n) is 5.58. The van der Waals surface area contributed by atoms with Gasteiger partial charge in [-0.2, -0.15) is 0 Å². The average molecular weight is 265 g/mol. The van der Waals surface area contributed by atoms with Crippen molar-refractivity contribution in [2.75, 3.05) is 6.54 Å². The van der Waals surface area contributed by atoms with E-state index in [0.717, 1.165) is 31.2 Å². The van der Waals surface area contributed by atoms with Gasteiger partial charge >= 0.3 is 0 Å². The normalized spacial score (nSPS) is 19.3. The highest BCUT2D eigenvalue weighted by atomic mass is 16.4. The van der Waals surface area contributed by atoms with Crippen molar-refractivity contribution in [2.45, 2.75) is 77.2 Å². The molecule has 1 heterocycles. The van der Waals surface area contributed by atoms with Gasteiger partial charge in [-0.05, 0) is 32.2 Å². The molecular formula is C15H27N3O. The molecule has 0 radical (unpaired) electrons. The fourth-order valence-electron chi connectivity index (χ4n) is 2.80. The van der Waals surface area contributed by atoms with E-state index in [1.54, 1.807) is 0 Å². The maximum absolute atomic E-state index is 5.94. The summed E-state index contributed by atoms with van der Waals surface area (Å²) >= 11 is 0. The van der Waals surface area contributed by atoms with Gasteiger partial charge in [-0.1, -0.05) is 39.5 Å². The average Bonchev–Trinajstić information content (AvgIpc) is 2.75. The van der Waals surface area contributed by atoms with E-state index in [1.807, 2.05) is 0 Å². The first-order valence-corrected chi connectivity index (χ1v) is 7.91. The highest BCUT2D eigenvalue weighted by Crippen LogP contribution is 2.31. The maximum atomic E-state index is 5.94. The van der Waals surface area contributed by atoms with Crippen molar-refractivity contribution in [1.29, 1.82) is 0 Å². The molecule has 0 aliphatic heterocycles. The van der Waals surface area contributed by atoms with Gasteiger partial charge in [0.15, 0.2) is 0 Å². The molecule has 1 aromatic rings. The molecular weight excluding hydrogens is 238 g/mol. The molecule has 0 amide bonds. The Kier molecular flexibility index (Phi) is 5.83. The largest absolute Gasteiger partial charge is 0.423 e. The monoisotopic (exact) mass is 265 g/mol. The van der Waals surface area contributed by atoms with E-state index in [4.69, 9.17) is 4.42 Å². The highest BCUT2D eigenvalue weighted by Gasteiger charge is 2.22. The van der Waals surface area contributed by atoms with Gasteiger partial charge in [0.2, 0.25) is 11.8 Å². The smallest absolute Gasteiger partial charge is 0.233 e. The van der Waals surface area contributed by atoms with Crippen LogP contribution in [-0.2, 0) is 0 Å². The van der Waals surface area contributed by atoms with Crippen molar-refractivity contribution in [2.24, 2.45) is 0 Å². The summed E-state index contributed by atoms with van der Waals surface area (Å²) in [6, 6.07) is 0.215. The first kappa shape index (κ1) is 14.5. The molecule has 4 nitrogen and oxygen atoms in total. The third kappa shape index (κ3) is 4.03. The minimum Gasteiger partial charge on any atom is -0.423 e. The third-order valence-electron chi connectivity index (χ3n) is 4.01. The summed E-state index contributed by atoms with van der Waals surface area (Å²) in [6.45, 7) is 5.33. The van der Waals surface area contributed by atoms with E-state index < -0.39 is 0 Å². The van der Waals surface area contributed by atoms with E-state index in [0.29, 0.717) is 5.92 Å². The first-order valence-electron chi connectivity index (χ1n) is 7.91. The number of hydrogen-bond acceptors (Lipinski definition) is 4. The number of nitrogens with zero attached hydrogens (tertiary/aromatic N) is 2. The van der Waals surface area contributed by atoms with Gasteiger partial charge in [-0.3, -0.25) is 0 Å². The standard InChI is InChI=1S/C15H27N3O/c1-3-11-16-13(4-2)15-18-17-14(19-15)12-9-7-5-6-8-10-12/h12-13,16H,3-11H2,1-2H3. The second kappa shape index (κ2) is 7.63. The Morgan fingerprint density at radius 2 is 1.89 bits per heavy atom. The summed E-state index contributed by atoms with van der Waals surface area (Å²) in [5.41, 5.74) is 0. The lowest BCUT2D eigenvalue weighted by Gasteiger charge is -2.12. The van der Waals surface area contributed by atoms with Gasteiger partial charge in [0, 0.05) is 5.92 Å². The van der Waals surface area contributed by atoms with Gasteiger partial charge < -0.3 is 9.73 Å². The molecule has 1 aliphatic carbocycles. The molecule has 1 aliphatic rings. The Morgan fingerprint density at radius 3 is 2.53 bits per heavy atom. The second-order valence-corrected chi connectivity index (χ2v) is 5.58. The lowest BCUT2D eigenvalue weighted by Crippen LogP contribution is -2.21. The SMILES string of the molecule is CCCNC(CC)c1nnc(C2CCCCCC2)o1. The Morgan fingerprint density at radius 1 is 1.16 bits per heavy atom. The van der Waals surface area contributed by atoms with Crippen molar-refractivity contribution in [3.05, 3.63) is 11.8 Å². The van der Waals surface area contributed by atoms with Crippen molar-refractivity contribution < 1.29 is 4.42 Å². The molecule has 1 atom stereocenters. The number of nitrogens with one attached hydrogen (secondary N) is 1. The van der Waals surface area contributed by atoms with Crippen molar-refractivity contribution in [3.63, 3.8) is 0 Å². The predicted octanol–water partition coefficient (Wildman–Crippen LogP) is 3.96. The van der Waals surface area contributed by atoms with Crippen LogP contribution in [0.5, 0.6) is 0 Å². The fourth-order valence-corrected chi connectivity index (χ4v) is 2.80. The van der Waals surface area contributed by atoms with Crippen LogP contribution in [0.4, 0.5) is 0 Å². The molecule has 1 saturated carbocycles. The minimum atomic E-state index is 0.215. The number of hydrogen-bond donors (Lipinski definition) is 1. The van der Waals surface area contributed by atoms with Gasteiger partial charge in [0.25, 0.3) is 0 Å². The molecule has 1 unspecified atom stereocenters. The van der Waals surface area contributed by atoms with Crippen LogP contribution in [0.3, 0.4) is 0 Å². The Labute approximate surface area is 116 Å². The predicted molar refractivity (Wildman–Crippen MR) is 76.1 cm³/mol. The highest BCUT2D eigenvalue weighted by molar-refractivity contribution is 4.95. The zero-order chi connectivity index (χ0) is 13.5. The summed E-state index contributed by atoms with van der Waals surface area (Å²) in [7, 11) is 0. The van der Waals surface area contributed by atoms with Crippen LogP contribution in [-0.4, -0.2) is 16.7 Å². The van der Waals surface area contributed by atoms with Crippen LogP contribution in [0.2, 0.25) is 0 Å². The minimum absolute atomic E-state index is 0.215. The van der Waals surface area contributed by atoms with E-state index in [-0.39, 0.29) is 6.04 Å². The van der Waals surface area contributed by atoms with Crippen LogP contribution >= 0.6 is 0 Å². The topological polar surface area (TPSA) is 51.0 Å². The summed E-state index contributed by atoms with van der Waals surface area (Å²) in [4.78, 5) is 0. The lowest BCUT2D eigenvalue weighted by atomic mass is 10.0. The molecule has 1 N–H and O–H groups in total. The molecule has 4 heteroatoms. The lowest BCUT2D eigenvalue weighted by molar-refractivity contribution is 0.349. The molecule has 108 valence electrons. The third-order valence-corrected chi connectivity index (χ3v) is 4.01. The van der Waals surface area contributed by atoms with Crippen LogP contribution in [0.1, 0.15) is 89.0 Å². The summed E-state index contributed by atoms with van der Waals surface area (Å²) in [5, 5.41) is 12.0. The van der Waals surface area contributed by atoms with E-state index in [2.05, 4.69) is 29.4 Å². The molecule has 1 aromatic heterocycles. The van der Waals surface area contributed by atoms with Crippen molar-refractivity contribution in [3.8, 4) is 0 Å². The quantitative estimate of drug-likeness (QED) is 0.791. The van der Waals surface area contributed by atoms with Crippen LogP contribution in [0.25, 0.3) is 0 Å². The summed E-state index contributed by atoms with van der Waals surface area (Å²) in [5.74, 6) is 2.14. The van der Waals surface area contributed by atoms with Crippen LogP contribution < -0.4 is 5.32 Å². The van der Waals surface area contributed by atoms with Gasteiger partial charge in [-0.25, -0.2) is 0 Å². The fraction of sp³-hybridized carbons (Fsp3) is 0.867. The van der Waals surface area contributed by atoms with Crippen LogP contribution in [0.15, 0.2) is 4.42 Å². The molecule has 0 aromatic carbocycles. The molecule has 0 saturated heterocycles. The first-order chi connectivity index (χ1) is 9.35. The summed E-state index contributed by atoms with van der Waals surface area (Å²) in [6.07, 6.45) is 9.84. The molecule has 2 rings (SSSR count). The molecule has 19 heavy (non-hydrogen) atoms.